The standard InChI is InChI=1S/C15H25N3O5S.ClH/c1-5-23-13-7-6-11(8-14(13)24(20,21)18(2)3)17-15(19)9-12(10-16)22-4;/h6-8,12H,5,9-10,16H2,1-4H3,(H,17,19);1H. The summed E-state index contributed by atoms with van der Waals surface area (Å²) >= 11 is 0. The lowest BCUT2D eigenvalue weighted by atomic mass is 10.2. The quantitative estimate of drug-likeness (QED) is 0.646. The Hall–Kier alpha value is -1.39. The molecule has 0 spiro atoms. The lowest BCUT2D eigenvalue weighted by Crippen LogP contribution is -2.28. The molecular weight excluding hydrogens is 370 g/mol. The Bertz CT molecular complexity index is 663. The number of anilines is 1. The van der Waals surface area contributed by atoms with Gasteiger partial charge in [-0.05, 0) is 25.1 Å². The van der Waals surface area contributed by atoms with E-state index in [4.69, 9.17) is 15.2 Å². The van der Waals surface area contributed by atoms with E-state index in [1.54, 1.807) is 13.0 Å². The largest absolute Gasteiger partial charge is 0.492 e. The number of amides is 1. The number of hydrogen-bond acceptors (Lipinski definition) is 6. The topological polar surface area (TPSA) is 111 Å². The highest BCUT2D eigenvalue weighted by Crippen LogP contribution is 2.29. The van der Waals surface area contributed by atoms with E-state index < -0.39 is 16.1 Å². The molecular formula is C15H26ClN3O5S. The Balaban J connectivity index is 0.00000576. The van der Waals surface area contributed by atoms with E-state index in [2.05, 4.69) is 5.32 Å². The monoisotopic (exact) mass is 395 g/mol. The molecule has 144 valence electrons. The molecule has 1 aromatic carbocycles. The SMILES string of the molecule is CCOc1ccc(NC(=O)CC(CN)OC)cc1S(=O)(=O)N(C)C.Cl. The van der Waals surface area contributed by atoms with Crippen LogP contribution >= 0.6 is 12.4 Å². The van der Waals surface area contributed by atoms with Gasteiger partial charge in [-0.15, -0.1) is 12.4 Å². The van der Waals surface area contributed by atoms with Gasteiger partial charge in [0.15, 0.2) is 0 Å². The summed E-state index contributed by atoms with van der Waals surface area (Å²) in [7, 11) is 0.630. The summed E-state index contributed by atoms with van der Waals surface area (Å²) in [5, 5.41) is 2.65. The maximum atomic E-state index is 12.4. The first-order valence-electron chi connectivity index (χ1n) is 7.48. The highest BCUT2D eigenvalue weighted by atomic mass is 35.5. The molecule has 0 bridgehead atoms. The summed E-state index contributed by atoms with van der Waals surface area (Å²) in [6, 6.07) is 4.48. The van der Waals surface area contributed by atoms with Crippen LogP contribution in [-0.4, -0.2) is 59.1 Å². The van der Waals surface area contributed by atoms with E-state index in [1.807, 2.05) is 0 Å². The fourth-order valence-electron chi connectivity index (χ4n) is 1.94. The first kappa shape index (κ1) is 23.6. The maximum absolute atomic E-state index is 12.4. The number of methoxy groups -OCH3 is 1. The van der Waals surface area contributed by atoms with E-state index in [-0.39, 0.29) is 41.9 Å². The zero-order valence-corrected chi connectivity index (χ0v) is 16.4. The van der Waals surface area contributed by atoms with Crippen LogP contribution in [0.4, 0.5) is 5.69 Å². The first-order chi connectivity index (χ1) is 11.3. The molecule has 1 aromatic rings. The molecule has 1 amide bonds. The van der Waals surface area contributed by atoms with E-state index >= 15 is 0 Å². The van der Waals surface area contributed by atoms with E-state index in [0.29, 0.717) is 12.3 Å². The molecule has 0 fully saturated rings. The Kier molecular flexibility index (Phi) is 9.98. The number of nitrogens with one attached hydrogen (secondary N) is 1. The van der Waals surface area contributed by atoms with Gasteiger partial charge in [-0.2, -0.15) is 0 Å². The molecule has 1 rings (SSSR count). The number of benzene rings is 1. The molecule has 1 atom stereocenters. The van der Waals surface area contributed by atoms with E-state index in [9.17, 15) is 13.2 Å². The number of hydrogen-bond donors (Lipinski definition) is 2. The number of ether oxygens (including phenoxy) is 2. The van der Waals surface area contributed by atoms with Gasteiger partial charge < -0.3 is 20.5 Å². The zero-order chi connectivity index (χ0) is 18.3. The minimum absolute atomic E-state index is 0. The fraction of sp³-hybridized carbons (Fsp3) is 0.533. The van der Waals surface area contributed by atoms with Crippen molar-refractivity contribution in [3.8, 4) is 5.75 Å². The Labute approximate surface area is 155 Å². The lowest BCUT2D eigenvalue weighted by Gasteiger charge is -2.17. The van der Waals surface area contributed by atoms with Gasteiger partial charge in [0.2, 0.25) is 15.9 Å². The number of nitrogens with two attached hydrogens (primary N) is 1. The van der Waals surface area contributed by atoms with Crippen LogP contribution in [0, 0.1) is 0 Å². The molecule has 0 radical (unpaired) electrons. The van der Waals surface area contributed by atoms with Gasteiger partial charge in [0, 0.05) is 33.4 Å². The molecule has 0 aliphatic carbocycles. The van der Waals surface area contributed by atoms with E-state index in [1.165, 1.54) is 33.3 Å². The minimum atomic E-state index is -3.71. The Morgan fingerprint density at radius 2 is 2.00 bits per heavy atom. The fourth-order valence-corrected chi connectivity index (χ4v) is 2.99. The van der Waals surface area contributed by atoms with Gasteiger partial charge in [0.05, 0.1) is 19.1 Å². The number of rotatable bonds is 9. The smallest absolute Gasteiger partial charge is 0.246 e. The number of sulfonamides is 1. The number of carbonyl (C=O) groups is 1. The predicted molar refractivity (Wildman–Crippen MR) is 98.8 cm³/mol. The third kappa shape index (κ3) is 6.44. The highest BCUT2D eigenvalue weighted by molar-refractivity contribution is 7.89. The Morgan fingerprint density at radius 3 is 2.48 bits per heavy atom. The third-order valence-electron chi connectivity index (χ3n) is 3.30. The number of carbonyl (C=O) groups excluding carboxylic acids is 1. The summed E-state index contributed by atoms with van der Waals surface area (Å²) in [6.45, 7) is 2.31. The summed E-state index contributed by atoms with van der Waals surface area (Å²) < 4.78 is 36.4. The molecule has 0 aromatic heterocycles. The molecule has 3 N–H and O–H groups in total. The van der Waals surface area contributed by atoms with Crippen LogP contribution in [0.25, 0.3) is 0 Å². The average molecular weight is 396 g/mol. The van der Waals surface area contributed by atoms with Crippen LogP contribution in [0.2, 0.25) is 0 Å². The van der Waals surface area contributed by atoms with Crippen molar-refractivity contribution >= 4 is 34.0 Å². The molecule has 0 saturated heterocycles. The summed E-state index contributed by atoms with van der Waals surface area (Å²) in [5.41, 5.74) is 5.84. The average Bonchev–Trinajstić information content (AvgIpc) is 2.53. The summed E-state index contributed by atoms with van der Waals surface area (Å²) in [5.74, 6) is -0.0782. The molecule has 0 aliphatic rings. The van der Waals surface area contributed by atoms with Crippen LogP contribution in [0.3, 0.4) is 0 Å². The van der Waals surface area contributed by atoms with Crippen LogP contribution in [0.15, 0.2) is 23.1 Å². The zero-order valence-electron chi connectivity index (χ0n) is 14.8. The van der Waals surface area contributed by atoms with Gasteiger partial charge in [-0.1, -0.05) is 0 Å². The van der Waals surface area contributed by atoms with Gasteiger partial charge >= 0.3 is 0 Å². The predicted octanol–water partition coefficient (Wildman–Crippen LogP) is 1.06. The molecule has 1 unspecified atom stereocenters. The summed E-state index contributed by atoms with van der Waals surface area (Å²) in [4.78, 5) is 12.0. The van der Waals surface area contributed by atoms with E-state index in [0.717, 1.165) is 4.31 Å². The summed E-state index contributed by atoms with van der Waals surface area (Å²) in [6.07, 6.45) is -0.312. The lowest BCUT2D eigenvalue weighted by molar-refractivity contribution is -0.118. The van der Waals surface area contributed by atoms with Crippen molar-refractivity contribution < 1.29 is 22.7 Å². The molecule has 25 heavy (non-hydrogen) atoms. The van der Waals surface area contributed by atoms with Crippen LogP contribution < -0.4 is 15.8 Å². The van der Waals surface area contributed by atoms with Crippen LogP contribution in [0.1, 0.15) is 13.3 Å². The maximum Gasteiger partial charge on any atom is 0.246 e. The molecule has 0 saturated carbocycles. The van der Waals surface area contributed by atoms with Gasteiger partial charge in [-0.25, -0.2) is 12.7 Å². The van der Waals surface area contributed by atoms with Gasteiger partial charge in [-0.3, -0.25) is 4.79 Å². The second-order valence-corrected chi connectivity index (χ2v) is 7.35. The van der Waals surface area contributed by atoms with Crippen molar-refractivity contribution in [3.63, 3.8) is 0 Å². The Morgan fingerprint density at radius 1 is 1.36 bits per heavy atom. The minimum Gasteiger partial charge on any atom is -0.492 e. The van der Waals surface area contributed by atoms with Crippen molar-refractivity contribution in [2.75, 3.05) is 39.7 Å². The van der Waals surface area contributed by atoms with Crippen molar-refractivity contribution in [1.82, 2.24) is 4.31 Å². The second kappa shape index (κ2) is 10.6. The molecule has 0 heterocycles. The van der Waals surface area contributed by atoms with Crippen molar-refractivity contribution in [1.29, 1.82) is 0 Å². The first-order valence-corrected chi connectivity index (χ1v) is 8.92. The second-order valence-electron chi connectivity index (χ2n) is 5.23. The van der Waals surface area contributed by atoms with Crippen molar-refractivity contribution in [3.05, 3.63) is 18.2 Å². The van der Waals surface area contributed by atoms with Crippen molar-refractivity contribution in [2.24, 2.45) is 5.73 Å². The van der Waals surface area contributed by atoms with Crippen molar-refractivity contribution in [2.45, 2.75) is 24.3 Å². The third-order valence-corrected chi connectivity index (χ3v) is 5.13. The normalized spacial score (nSPS) is 12.4. The molecule has 10 heteroatoms. The molecule has 0 aliphatic heterocycles. The van der Waals surface area contributed by atoms with Crippen LogP contribution in [0.5, 0.6) is 5.75 Å². The molecule has 8 nitrogen and oxygen atoms in total. The van der Waals surface area contributed by atoms with Gasteiger partial charge in [0.25, 0.3) is 0 Å². The highest BCUT2D eigenvalue weighted by Gasteiger charge is 2.23. The number of halogens is 1. The van der Waals surface area contributed by atoms with Gasteiger partial charge in [0.1, 0.15) is 10.6 Å². The number of nitrogens with zero attached hydrogens (tertiary/aromatic N) is 1. The van der Waals surface area contributed by atoms with Crippen LogP contribution in [-0.2, 0) is 19.6 Å².